The molecule has 23 heteroatoms. The van der Waals surface area contributed by atoms with Crippen LogP contribution >= 0.6 is 0 Å². The maximum absolute atomic E-state index is 13.3. The van der Waals surface area contributed by atoms with Gasteiger partial charge in [0.05, 0.1) is 139 Å². The molecule has 0 radical (unpaired) electrons. The monoisotopic (exact) mass is 967 g/mol. The highest BCUT2D eigenvalue weighted by atomic mass is 16.7. The molecule has 23 nitrogen and oxygen atoms in total. The predicted octanol–water partition coefficient (Wildman–Crippen LogP) is -0.450. The van der Waals surface area contributed by atoms with E-state index in [0.717, 1.165) is 22.6 Å². The standard InChI is InChI=1S/C45H71N7O16/c1-2-11-52(45(57)38-33-37-7-8-47-35-39(37)50-40(46)34-38)68-12-3-4-41(53)48-9-13-58-15-17-60-19-21-62-23-25-64-27-29-66-31-32-67-30-28-65-26-24-63-22-20-61-18-16-59-14-10-49-42(54)36-51-43(55)5-6-44(51)56/h5-8,33,35H,2-4,9-32,34,36H2,1H3,(H2,46,50)(H,48,53)(H,49,54)/p+1. The highest BCUT2D eigenvalue weighted by Crippen LogP contribution is 2.25. The molecule has 0 saturated heterocycles. The topological polar surface area (TPSA) is 270 Å². The summed E-state index contributed by atoms with van der Waals surface area (Å²) in [6.07, 6.45) is 9.16. The number of aromatic amines is 1. The van der Waals surface area contributed by atoms with Crippen LogP contribution < -0.4 is 21.4 Å². The second kappa shape index (κ2) is 38.1. The Morgan fingerprint density at radius 1 is 0.662 bits per heavy atom. The Hall–Kier alpha value is -4.79. The molecule has 0 saturated carbocycles. The van der Waals surface area contributed by atoms with Crippen LogP contribution in [0.3, 0.4) is 0 Å². The van der Waals surface area contributed by atoms with Gasteiger partial charge in [-0.15, -0.1) is 0 Å². The van der Waals surface area contributed by atoms with Crippen molar-refractivity contribution in [3.05, 3.63) is 41.7 Å². The number of rotatable bonds is 43. The molecule has 0 bridgehead atoms. The normalized spacial score (nSPS) is 13.3. The molecule has 3 rings (SSSR count). The number of aromatic nitrogens is 1. The molecule has 382 valence electrons. The van der Waals surface area contributed by atoms with Crippen molar-refractivity contribution in [1.29, 1.82) is 0 Å². The molecule has 0 unspecified atom stereocenters. The van der Waals surface area contributed by atoms with Crippen molar-refractivity contribution in [1.82, 2.24) is 20.6 Å². The Balaban J connectivity index is 0.958. The number of hydrogen-bond donors (Lipinski definition) is 3. The Labute approximate surface area is 398 Å². The third-order valence-electron chi connectivity index (χ3n) is 9.25. The van der Waals surface area contributed by atoms with E-state index in [1.54, 1.807) is 18.5 Å². The Kier molecular flexibility index (Phi) is 32.2. The molecule has 5 amide bonds. The number of aliphatic imine (C=N–C) groups is 1. The number of nitrogens with two attached hydrogens (primary N) is 1. The highest BCUT2D eigenvalue weighted by Gasteiger charge is 2.25. The van der Waals surface area contributed by atoms with Crippen LogP contribution in [0.2, 0.25) is 0 Å². The lowest BCUT2D eigenvalue weighted by Gasteiger charge is -2.22. The second-order valence-electron chi connectivity index (χ2n) is 14.7. The van der Waals surface area contributed by atoms with Gasteiger partial charge in [0.2, 0.25) is 11.8 Å². The first-order valence-electron chi connectivity index (χ1n) is 23.1. The van der Waals surface area contributed by atoms with Crippen molar-refractivity contribution in [3.8, 4) is 0 Å². The van der Waals surface area contributed by atoms with Crippen LogP contribution in [0.25, 0.3) is 6.08 Å². The number of amidine groups is 1. The largest absolute Gasteiger partial charge is 0.387 e. The molecular formula is C45H72N7O16+. The predicted molar refractivity (Wildman–Crippen MR) is 244 cm³/mol. The number of nitrogens with zero attached hydrogens (tertiary/aromatic N) is 3. The summed E-state index contributed by atoms with van der Waals surface area (Å²) in [6.45, 7) is 11.2. The number of imide groups is 1. The van der Waals surface area contributed by atoms with E-state index in [1.165, 1.54) is 5.06 Å². The van der Waals surface area contributed by atoms with E-state index in [0.29, 0.717) is 169 Å². The van der Waals surface area contributed by atoms with E-state index in [1.807, 2.05) is 13.0 Å². The molecular weight excluding hydrogens is 895 g/mol. The zero-order valence-electron chi connectivity index (χ0n) is 39.4. The summed E-state index contributed by atoms with van der Waals surface area (Å²) in [5.41, 5.74) is 8.01. The number of hydrogen-bond acceptors (Lipinski definition) is 18. The number of fused-ring (bicyclic) bond motifs is 1. The summed E-state index contributed by atoms with van der Waals surface area (Å²) < 4.78 is 54.8. The molecule has 5 N–H and O–H groups in total. The minimum Gasteiger partial charge on any atom is -0.387 e. The van der Waals surface area contributed by atoms with E-state index in [4.69, 9.17) is 57.9 Å². The molecule has 1 aromatic rings. The molecule has 3 heterocycles. The third kappa shape index (κ3) is 27.3. The first-order chi connectivity index (χ1) is 33.3. The van der Waals surface area contributed by atoms with Gasteiger partial charge >= 0.3 is 0 Å². The summed E-state index contributed by atoms with van der Waals surface area (Å²) in [7, 11) is 0. The van der Waals surface area contributed by atoms with Crippen molar-refractivity contribution < 1.29 is 81.2 Å². The lowest BCUT2D eigenvalue weighted by Crippen LogP contribution is -2.41. The average Bonchev–Trinajstić information content (AvgIpc) is 3.53. The quantitative estimate of drug-likeness (QED) is 0.0425. The molecule has 2 aliphatic rings. The molecule has 1 aromatic heterocycles. The van der Waals surface area contributed by atoms with Gasteiger partial charge in [0.15, 0.2) is 12.4 Å². The lowest BCUT2D eigenvalue weighted by molar-refractivity contribution is -0.377. The van der Waals surface area contributed by atoms with E-state index in [9.17, 15) is 24.0 Å². The zero-order valence-corrected chi connectivity index (χ0v) is 39.4. The summed E-state index contributed by atoms with van der Waals surface area (Å²) in [6, 6.07) is 1.84. The van der Waals surface area contributed by atoms with Crippen LogP contribution in [-0.4, -0.2) is 210 Å². The van der Waals surface area contributed by atoms with Gasteiger partial charge in [0, 0.05) is 61.8 Å². The van der Waals surface area contributed by atoms with Gasteiger partial charge in [-0.25, -0.2) is 15.0 Å². The minimum absolute atomic E-state index is 0.125. The van der Waals surface area contributed by atoms with Gasteiger partial charge in [-0.3, -0.25) is 33.7 Å². The van der Waals surface area contributed by atoms with Crippen molar-refractivity contribution in [2.45, 2.75) is 32.6 Å². The third-order valence-corrected chi connectivity index (χ3v) is 9.25. The number of pyridine rings is 1. The van der Waals surface area contributed by atoms with Gasteiger partial charge in [-0.05, 0) is 18.9 Å². The number of nitrogens with one attached hydrogen (secondary N) is 3. The highest BCUT2D eigenvalue weighted by molar-refractivity contribution is 6.14. The van der Waals surface area contributed by atoms with Crippen molar-refractivity contribution in [3.63, 3.8) is 0 Å². The summed E-state index contributed by atoms with van der Waals surface area (Å²) in [5, 5.41) is 6.75. The number of amides is 5. The van der Waals surface area contributed by atoms with Crippen LogP contribution in [-0.2, 0) is 76.2 Å². The first kappa shape index (κ1) is 57.5. The first-order valence-corrected chi connectivity index (χ1v) is 23.1. The van der Waals surface area contributed by atoms with Crippen molar-refractivity contribution >= 4 is 47.1 Å². The molecule has 0 aromatic carbocycles. The fourth-order valence-electron chi connectivity index (χ4n) is 5.89. The molecule has 0 spiro atoms. The molecule has 0 fully saturated rings. The van der Waals surface area contributed by atoms with Crippen LogP contribution in [0.15, 0.2) is 41.2 Å². The van der Waals surface area contributed by atoms with Gasteiger partial charge in [0.25, 0.3) is 17.7 Å². The zero-order chi connectivity index (χ0) is 48.7. The Morgan fingerprint density at radius 3 is 1.56 bits per heavy atom. The van der Waals surface area contributed by atoms with Crippen LogP contribution in [0.4, 0.5) is 5.69 Å². The van der Waals surface area contributed by atoms with Gasteiger partial charge in [0.1, 0.15) is 18.1 Å². The van der Waals surface area contributed by atoms with Gasteiger partial charge < -0.3 is 63.7 Å². The Bertz CT molecular complexity index is 1680. The second-order valence-corrected chi connectivity index (χ2v) is 14.7. The van der Waals surface area contributed by atoms with Gasteiger partial charge in [-0.1, -0.05) is 6.92 Å². The smallest absolute Gasteiger partial charge is 0.273 e. The SMILES string of the molecule is CCCN(OCCCC(=O)NCCOCCOCCOCCOCCOCCOCCOCCOCCOCCOCCNC(=O)CN1C(=O)C=CC1=O)C(=O)C1=Cc2cc[nH+]cc2N=C(N)C1. The number of carbonyl (C=O) groups is 5. The van der Waals surface area contributed by atoms with Crippen LogP contribution in [0, 0.1) is 0 Å². The van der Waals surface area contributed by atoms with Crippen LogP contribution in [0.1, 0.15) is 38.2 Å². The van der Waals surface area contributed by atoms with Gasteiger partial charge in [-0.2, -0.15) is 0 Å². The number of carbonyl (C=O) groups excluding carboxylic acids is 5. The summed E-state index contributed by atoms with van der Waals surface area (Å²) in [4.78, 5) is 74.3. The van der Waals surface area contributed by atoms with E-state index >= 15 is 0 Å². The minimum atomic E-state index is -0.498. The average molecular weight is 967 g/mol. The van der Waals surface area contributed by atoms with Crippen LogP contribution in [0.5, 0.6) is 0 Å². The Morgan fingerprint density at radius 2 is 1.10 bits per heavy atom. The summed E-state index contributed by atoms with van der Waals surface area (Å²) >= 11 is 0. The number of hydroxylamine groups is 2. The van der Waals surface area contributed by atoms with E-state index < -0.39 is 17.7 Å². The maximum atomic E-state index is 13.3. The van der Waals surface area contributed by atoms with E-state index in [-0.39, 0.29) is 51.0 Å². The molecule has 2 aliphatic heterocycles. The lowest BCUT2D eigenvalue weighted by atomic mass is 10.1. The number of H-pyrrole nitrogens is 1. The van der Waals surface area contributed by atoms with E-state index in [2.05, 4.69) is 20.6 Å². The summed E-state index contributed by atoms with van der Waals surface area (Å²) in [5.74, 6) is -1.49. The molecule has 0 atom stereocenters. The maximum Gasteiger partial charge on any atom is 0.273 e. The fourth-order valence-corrected chi connectivity index (χ4v) is 5.89. The molecule has 0 aliphatic carbocycles. The van der Waals surface area contributed by atoms with Crippen molar-refractivity contribution in [2.75, 3.05) is 165 Å². The fraction of sp³-hybridized carbons (Fsp3) is 0.667. The number of ether oxygens (including phenoxy) is 10. The molecule has 68 heavy (non-hydrogen) atoms. The van der Waals surface area contributed by atoms with Crippen molar-refractivity contribution in [2.24, 2.45) is 10.7 Å².